The van der Waals surface area contributed by atoms with Crippen LogP contribution in [0.2, 0.25) is 10.0 Å². The molecule has 2 aromatic rings. The summed E-state index contributed by atoms with van der Waals surface area (Å²) in [4.78, 5) is 11.5. The van der Waals surface area contributed by atoms with Crippen LogP contribution in [0.3, 0.4) is 0 Å². The van der Waals surface area contributed by atoms with Crippen LogP contribution in [-0.2, 0) is 4.79 Å². The third kappa shape index (κ3) is 4.50. The van der Waals surface area contributed by atoms with Crippen LogP contribution in [-0.4, -0.2) is 16.2 Å². The van der Waals surface area contributed by atoms with Crippen LogP contribution in [0, 0.1) is 5.41 Å². The Morgan fingerprint density at radius 2 is 1.67 bits per heavy atom. The molecule has 24 heavy (non-hydrogen) atoms. The van der Waals surface area contributed by atoms with E-state index in [1.165, 1.54) is 0 Å². The largest absolute Gasteiger partial charge is 0.481 e. The standard InChI is InChI=1S/C19H20Cl2O3/c1-19(2,18(23)24)11-16(13-4-3-5-15(21)10-13)17(22)12-6-8-14(20)9-7-12/h3-10,16-17,22H,11H2,1-2H3,(H,23,24). The number of aliphatic carboxylic acids is 1. The van der Waals surface area contributed by atoms with Crippen LogP contribution in [0.15, 0.2) is 48.5 Å². The average Bonchev–Trinajstić information content (AvgIpc) is 2.52. The molecule has 0 amide bonds. The number of rotatable bonds is 6. The maximum absolute atomic E-state index is 11.5. The summed E-state index contributed by atoms with van der Waals surface area (Å²) in [6.45, 7) is 3.31. The number of halogens is 2. The van der Waals surface area contributed by atoms with Crippen molar-refractivity contribution in [2.75, 3.05) is 0 Å². The number of aliphatic hydroxyl groups is 1. The van der Waals surface area contributed by atoms with Gasteiger partial charge in [-0.25, -0.2) is 0 Å². The molecule has 2 unspecified atom stereocenters. The number of hydrogen-bond acceptors (Lipinski definition) is 2. The lowest BCUT2D eigenvalue weighted by molar-refractivity contribution is -0.147. The van der Waals surface area contributed by atoms with E-state index >= 15 is 0 Å². The molecule has 2 rings (SSSR count). The molecule has 0 saturated heterocycles. The fourth-order valence-corrected chi connectivity index (χ4v) is 3.00. The van der Waals surface area contributed by atoms with Crippen molar-refractivity contribution in [3.05, 3.63) is 69.7 Å². The van der Waals surface area contributed by atoms with Crippen molar-refractivity contribution in [3.8, 4) is 0 Å². The first-order valence-electron chi connectivity index (χ1n) is 7.63. The van der Waals surface area contributed by atoms with Crippen LogP contribution in [0.1, 0.15) is 43.4 Å². The molecule has 0 saturated carbocycles. The molecule has 3 nitrogen and oxygen atoms in total. The Morgan fingerprint density at radius 3 is 2.21 bits per heavy atom. The van der Waals surface area contributed by atoms with Gasteiger partial charge in [-0.15, -0.1) is 0 Å². The summed E-state index contributed by atoms with van der Waals surface area (Å²) in [7, 11) is 0. The molecule has 0 radical (unpaired) electrons. The predicted octanol–water partition coefficient (Wildman–Crippen LogP) is 5.31. The van der Waals surface area contributed by atoms with Crippen LogP contribution in [0.5, 0.6) is 0 Å². The normalized spacial score (nSPS) is 14.2. The van der Waals surface area contributed by atoms with E-state index in [1.54, 1.807) is 56.3 Å². The van der Waals surface area contributed by atoms with E-state index in [4.69, 9.17) is 23.2 Å². The summed E-state index contributed by atoms with van der Waals surface area (Å²) in [6, 6.07) is 14.1. The Hall–Kier alpha value is -1.55. The molecule has 2 atom stereocenters. The van der Waals surface area contributed by atoms with Crippen molar-refractivity contribution in [2.45, 2.75) is 32.3 Å². The second kappa shape index (κ2) is 7.56. The minimum Gasteiger partial charge on any atom is -0.481 e. The second-order valence-electron chi connectivity index (χ2n) is 6.55. The van der Waals surface area contributed by atoms with Crippen molar-refractivity contribution in [1.29, 1.82) is 0 Å². The summed E-state index contributed by atoms with van der Waals surface area (Å²) in [5.74, 6) is -1.31. The first kappa shape index (κ1) is 18.8. The fraction of sp³-hybridized carbons (Fsp3) is 0.316. The van der Waals surface area contributed by atoms with Gasteiger partial charge in [0.25, 0.3) is 0 Å². The zero-order chi connectivity index (χ0) is 17.9. The van der Waals surface area contributed by atoms with E-state index in [0.29, 0.717) is 15.6 Å². The topological polar surface area (TPSA) is 57.5 Å². The quantitative estimate of drug-likeness (QED) is 0.727. The van der Waals surface area contributed by atoms with Crippen molar-refractivity contribution in [1.82, 2.24) is 0 Å². The molecule has 128 valence electrons. The van der Waals surface area contributed by atoms with Crippen LogP contribution >= 0.6 is 23.2 Å². The third-order valence-corrected chi connectivity index (χ3v) is 4.67. The molecule has 2 N–H and O–H groups in total. The summed E-state index contributed by atoms with van der Waals surface area (Å²) in [5.41, 5.74) is 0.505. The highest BCUT2D eigenvalue weighted by molar-refractivity contribution is 6.30. The van der Waals surface area contributed by atoms with Crippen molar-refractivity contribution in [3.63, 3.8) is 0 Å². The Balaban J connectivity index is 2.42. The zero-order valence-electron chi connectivity index (χ0n) is 13.5. The second-order valence-corrected chi connectivity index (χ2v) is 7.42. The number of carboxylic acids is 1. The van der Waals surface area contributed by atoms with Crippen molar-refractivity contribution in [2.24, 2.45) is 5.41 Å². The Bertz CT molecular complexity index is 711. The Labute approximate surface area is 151 Å². The van der Waals surface area contributed by atoms with Gasteiger partial charge in [0.05, 0.1) is 11.5 Å². The zero-order valence-corrected chi connectivity index (χ0v) is 15.1. The number of benzene rings is 2. The van der Waals surface area contributed by atoms with Gasteiger partial charge in [0.2, 0.25) is 0 Å². The molecule has 0 aromatic heterocycles. The average molecular weight is 367 g/mol. The van der Waals surface area contributed by atoms with Crippen LogP contribution in [0.4, 0.5) is 0 Å². The van der Waals surface area contributed by atoms with Gasteiger partial charge < -0.3 is 10.2 Å². The highest BCUT2D eigenvalue weighted by Crippen LogP contribution is 2.41. The number of hydrogen-bond donors (Lipinski definition) is 2. The molecule has 0 aliphatic heterocycles. The molecular formula is C19H20Cl2O3. The molecule has 0 aliphatic rings. The third-order valence-electron chi connectivity index (χ3n) is 4.18. The number of carbonyl (C=O) groups is 1. The van der Waals surface area contributed by atoms with Gasteiger partial charge in [-0.1, -0.05) is 47.5 Å². The van der Waals surface area contributed by atoms with Gasteiger partial charge in [-0.3, -0.25) is 4.79 Å². The van der Waals surface area contributed by atoms with Gasteiger partial charge in [0, 0.05) is 16.0 Å². The highest BCUT2D eigenvalue weighted by atomic mass is 35.5. The predicted molar refractivity (Wildman–Crippen MR) is 96.6 cm³/mol. The van der Waals surface area contributed by atoms with Gasteiger partial charge in [-0.05, 0) is 55.7 Å². The van der Waals surface area contributed by atoms with E-state index in [-0.39, 0.29) is 6.42 Å². The molecule has 2 aromatic carbocycles. The molecule has 0 fully saturated rings. The molecule has 0 bridgehead atoms. The van der Waals surface area contributed by atoms with Gasteiger partial charge in [-0.2, -0.15) is 0 Å². The van der Waals surface area contributed by atoms with E-state index in [1.807, 2.05) is 6.07 Å². The lowest BCUT2D eigenvalue weighted by Gasteiger charge is -2.30. The van der Waals surface area contributed by atoms with Gasteiger partial charge >= 0.3 is 5.97 Å². The van der Waals surface area contributed by atoms with Gasteiger partial charge in [0.1, 0.15) is 0 Å². The lowest BCUT2D eigenvalue weighted by atomic mass is 9.76. The summed E-state index contributed by atoms with van der Waals surface area (Å²) >= 11 is 12.0. The maximum Gasteiger partial charge on any atom is 0.309 e. The van der Waals surface area contributed by atoms with E-state index in [0.717, 1.165) is 5.56 Å². The smallest absolute Gasteiger partial charge is 0.309 e. The number of carboxylic acid groups (broad SMARTS) is 1. The Morgan fingerprint density at radius 1 is 1.04 bits per heavy atom. The van der Waals surface area contributed by atoms with E-state index in [9.17, 15) is 15.0 Å². The molecular weight excluding hydrogens is 347 g/mol. The molecule has 0 heterocycles. The minimum atomic E-state index is -0.986. The first-order chi connectivity index (χ1) is 11.2. The van der Waals surface area contributed by atoms with Crippen LogP contribution in [0.25, 0.3) is 0 Å². The molecule has 5 heteroatoms. The Kier molecular flexibility index (Phi) is 5.92. The maximum atomic E-state index is 11.5. The molecule has 0 spiro atoms. The van der Waals surface area contributed by atoms with Crippen LogP contribution < -0.4 is 0 Å². The minimum absolute atomic E-state index is 0.270. The lowest BCUT2D eigenvalue weighted by Crippen LogP contribution is -2.28. The summed E-state index contributed by atoms with van der Waals surface area (Å²) < 4.78 is 0. The van der Waals surface area contributed by atoms with E-state index in [2.05, 4.69) is 0 Å². The molecule has 0 aliphatic carbocycles. The highest BCUT2D eigenvalue weighted by Gasteiger charge is 2.35. The van der Waals surface area contributed by atoms with E-state index < -0.39 is 23.4 Å². The van der Waals surface area contributed by atoms with Gasteiger partial charge in [0.15, 0.2) is 0 Å². The monoisotopic (exact) mass is 366 g/mol. The number of aliphatic hydroxyl groups excluding tert-OH is 1. The SMILES string of the molecule is CC(C)(CC(c1cccc(Cl)c1)C(O)c1ccc(Cl)cc1)C(=O)O. The first-order valence-corrected chi connectivity index (χ1v) is 8.39. The summed E-state index contributed by atoms with van der Waals surface area (Å²) in [6.07, 6.45) is -0.591. The van der Waals surface area contributed by atoms with Crippen molar-refractivity contribution < 1.29 is 15.0 Å². The fourth-order valence-electron chi connectivity index (χ4n) is 2.68. The van der Waals surface area contributed by atoms with Crippen molar-refractivity contribution >= 4 is 29.2 Å². The summed E-state index contributed by atoms with van der Waals surface area (Å²) in [5, 5.41) is 21.5.